The molecule has 0 atom stereocenters. The first-order valence-corrected chi connectivity index (χ1v) is 36.5. The zero-order chi connectivity index (χ0) is 60.8. The van der Waals surface area contributed by atoms with Crippen LogP contribution in [0, 0.1) is 0 Å². The summed E-state index contributed by atoms with van der Waals surface area (Å²) >= 11 is 0. The molecule has 0 radical (unpaired) electrons. The Balaban J connectivity index is 1.07. The molecule has 0 saturated heterocycles. The fourth-order valence-electron chi connectivity index (χ4n) is 13.4. The van der Waals surface area contributed by atoms with Crippen LogP contribution in [0.4, 0.5) is 0 Å². The maximum Gasteiger partial charge on any atom is 0.180 e. The van der Waals surface area contributed by atoms with Gasteiger partial charge in [0.15, 0.2) is 72.9 Å². The average Bonchev–Trinajstić information content (AvgIpc) is 2.24. The van der Waals surface area contributed by atoms with E-state index in [4.69, 9.17) is 29.9 Å². The number of nitrogens with zero attached hydrogens (tertiary/aromatic N) is 10. The Hall–Kier alpha value is -6.04. The molecule has 474 valence electrons. The number of rotatable bonds is 44. The SMILES string of the molecule is CCCCCCCCCCCC[n+]1ccc2c(c1)-c1nc-2nc2[nH]c(nc3nc(nc4[nH]c(n1)c1cc[n+](CCCCCCCCCCCC)cc41)-c1cc[n+](CCCCCCCCCCCC)cc1-3)c1cc[n+](CCCCCCCCCCCC)cc21. The van der Waals surface area contributed by atoms with Gasteiger partial charge < -0.3 is 9.97 Å². The molecule has 0 fully saturated rings. The van der Waals surface area contributed by atoms with Gasteiger partial charge in [-0.25, -0.2) is 48.2 Å². The summed E-state index contributed by atoms with van der Waals surface area (Å²) < 4.78 is 9.37. The van der Waals surface area contributed by atoms with Gasteiger partial charge in [-0.1, -0.05) is 233 Å². The number of pyridine rings is 4. The van der Waals surface area contributed by atoms with Crippen LogP contribution < -0.4 is 18.3 Å². The lowest BCUT2D eigenvalue weighted by molar-refractivity contribution is -0.697. The van der Waals surface area contributed by atoms with Crippen LogP contribution in [0.2, 0.25) is 0 Å². The van der Waals surface area contributed by atoms with Crippen molar-refractivity contribution >= 4 is 44.1 Å². The molecule has 9 heterocycles. The predicted octanol–water partition coefficient (Wildman–Crippen LogP) is 19.7. The van der Waals surface area contributed by atoms with Crippen molar-refractivity contribution in [1.29, 1.82) is 0 Å². The minimum atomic E-state index is 0.647. The van der Waals surface area contributed by atoms with Crippen LogP contribution in [-0.2, 0) is 26.2 Å². The van der Waals surface area contributed by atoms with Gasteiger partial charge in [0.1, 0.15) is 48.8 Å². The van der Waals surface area contributed by atoms with Crippen molar-refractivity contribution in [2.24, 2.45) is 0 Å². The summed E-state index contributed by atoms with van der Waals surface area (Å²) in [5.41, 5.74) is 6.88. The lowest BCUT2D eigenvalue weighted by Crippen LogP contribution is -2.32. The lowest BCUT2D eigenvalue weighted by Gasteiger charge is -2.02. The smallest absolute Gasteiger partial charge is 0.180 e. The molecule has 0 saturated carbocycles. The van der Waals surface area contributed by atoms with Crippen LogP contribution >= 0.6 is 0 Å². The monoisotopic (exact) mass is 1190 g/mol. The summed E-state index contributed by atoms with van der Waals surface area (Å²) in [6.45, 7) is 13.0. The molecule has 0 spiro atoms. The van der Waals surface area contributed by atoms with Crippen LogP contribution in [0.15, 0.2) is 73.8 Å². The second-order valence-electron chi connectivity index (χ2n) is 26.4. The first kappa shape index (κ1) is 66.4. The maximum absolute atomic E-state index is 5.51. The van der Waals surface area contributed by atoms with Gasteiger partial charge in [0, 0.05) is 71.8 Å². The largest absolute Gasteiger partial charge is 0.324 e. The number of hydrogen-bond donors (Lipinski definition) is 2. The molecular weight excluding hydrogens is 1080 g/mol. The molecule has 0 unspecified atom stereocenters. The highest BCUT2D eigenvalue weighted by molar-refractivity contribution is 6.05. The molecule has 7 aromatic heterocycles. The fraction of sp³-hybridized carbons (Fsp3) is 0.632. The van der Waals surface area contributed by atoms with Gasteiger partial charge in [-0.15, -0.1) is 0 Å². The van der Waals surface area contributed by atoms with Crippen LogP contribution in [0.5, 0.6) is 0 Å². The van der Waals surface area contributed by atoms with E-state index >= 15 is 0 Å². The number of aromatic amines is 2. The van der Waals surface area contributed by atoms with Crippen molar-refractivity contribution in [1.82, 2.24) is 39.9 Å². The maximum atomic E-state index is 5.51. The zero-order valence-electron chi connectivity index (χ0n) is 55.5. The molecule has 12 nitrogen and oxygen atoms in total. The van der Waals surface area contributed by atoms with E-state index < -0.39 is 0 Å². The predicted molar refractivity (Wildman–Crippen MR) is 364 cm³/mol. The molecular formula is C76H114N12+4. The molecule has 7 aromatic rings. The highest BCUT2D eigenvalue weighted by Crippen LogP contribution is 2.36. The molecule has 2 aliphatic rings. The van der Waals surface area contributed by atoms with Crippen molar-refractivity contribution in [2.45, 2.75) is 311 Å². The van der Waals surface area contributed by atoms with E-state index in [1.165, 1.54) is 231 Å². The van der Waals surface area contributed by atoms with Crippen molar-refractivity contribution < 1.29 is 18.3 Å². The molecule has 8 bridgehead atoms. The third kappa shape index (κ3) is 20.0. The molecule has 12 heteroatoms. The first-order chi connectivity index (χ1) is 43.5. The highest BCUT2D eigenvalue weighted by Gasteiger charge is 2.27. The lowest BCUT2D eigenvalue weighted by atomic mass is 10.1. The Kier molecular flexibility index (Phi) is 28.1. The number of unbranched alkanes of at least 4 members (excludes halogenated alkanes) is 36. The summed E-state index contributed by atoms with van der Waals surface area (Å²) in [5.74, 6) is 2.60. The van der Waals surface area contributed by atoms with E-state index in [0.717, 1.165) is 118 Å². The van der Waals surface area contributed by atoms with E-state index in [2.05, 4.69) is 130 Å². The summed E-state index contributed by atoms with van der Waals surface area (Å²) in [6.07, 6.45) is 70.6. The number of aromatic nitrogens is 12. The molecule has 0 aromatic carbocycles. The standard InChI is InChI=1S/C76H113N12/c1-5-9-13-17-21-25-29-33-37-41-49-85-53-45-61-65(57-85)73-77-69(61)82-74-67-59-87(51-43-39-35-31-27-23-19-15-11-7-3)55-47-63(67)71(79-74)84-76-68-60-88(52-44-40-36-32-28-24-20-16-12-8-4)56-48-64(68)72(80-76)83-75-66-58-86(54-46-62(66)70(78-75)81-73)50-42-38-34-30-26-22-18-14-10-6-2/h45-48,53-60H,5-44,49-52H2,1-4H3,(H,77,78,79,80,81,82,83,84)/q+3/p+1. The number of hydrogen-bond acceptors (Lipinski definition) is 6. The van der Waals surface area contributed by atoms with Crippen LogP contribution in [-0.4, -0.2) is 39.9 Å². The normalized spacial score (nSPS) is 12.0. The van der Waals surface area contributed by atoms with Gasteiger partial charge in [0.05, 0.1) is 21.9 Å². The summed E-state index contributed by atoms with van der Waals surface area (Å²) in [5, 5.41) is 4.05. The Bertz CT molecular complexity index is 3150. The fourth-order valence-corrected chi connectivity index (χ4v) is 13.4. The number of aryl methyl sites for hydroxylation is 4. The second-order valence-corrected chi connectivity index (χ2v) is 26.4. The molecule has 2 N–H and O–H groups in total. The molecule has 0 amide bonds. The van der Waals surface area contributed by atoms with Crippen LogP contribution in [0.1, 0.15) is 285 Å². The van der Waals surface area contributed by atoms with Gasteiger partial charge in [-0.05, 0) is 25.7 Å². The third-order valence-electron chi connectivity index (χ3n) is 18.9. The Labute approximate surface area is 529 Å². The van der Waals surface area contributed by atoms with E-state index in [1.807, 2.05) is 0 Å². The summed E-state index contributed by atoms with van der Waals surface area (Å²) in [6, 6.07) is 8.87. The first-order valence-electron chi connectivity index (χ1n) is 36.5. The summed E-state index contributed by atoms with van der Waals surface area (Å²) in [7, 11) is 0. The Morgan fingerprint density at radius 2 is 0.466 bits per heavy atom. The molecule has 0 aliphatic carbocycles. The van der Waals surface area contributed by atoms with Crippen molar-refractivity contribution in [2.75, 3.05) is 0 Å². The summed E-state index contributed by atoms with van der Waals surface area (Å²) in [4.78, 5) is 40.3. The van der Waals surface area contributed by atoms with Gasteiger partial charge in [0.2, 0.25) is 0 Å². The minimum Gasteiger partial charge on any atom is -0.324 e. The quantitative estimate of drug-likeness (QED) is 0.0290. The van der Waals surface area contributed by atoms with Gasteiger partial charge in [-0.2, -0.15) is 0 Å². The number of fused-ring (bicyclic) bond motifs is 20. The number of H-pyrrole nitrogens is 2. The number of nitrogens with one attached hydrogen (secondary N) is 2. The van der Waals surface area contributed by atoms with Crippen LogP contribution in [0.3, 0.4) is 0 Å². The molecule has 88 heavy (non-hydrogen) atoms. The van der Waals surface area contributed by atoms with Crippen LogP contribution in [0.25, 0.3) is 89.7 Å². The van der Waals surface area contributed by atoms with E-state index in [1.54, 1.807) is 0 Å². The topological polar surface area (TPSA) is 124 Å². The molecule has 9 rings (SSSR count). The molecule has 2 aliphatic heterocycles. The third-order valence-corrected chi connectivity index (χ3v) is 18.9. The van der Waals surface area contributed by atoms with Crippen molar-refractivity contribution in [3.63, 3.8) is 0 Å². The average molecular weight is 1200 g/mol. The van der Waals surface area contributed by atoms with E-state index in [0.29, 0.717) is 23.3 Å². The second kappa shape index (κ2) is 37.2. The Morgan fingerprint density at radius 1 is 0.239 bits per heavy atom. The van der Waals surface area contributed by atoms with Crippen molar-refractivity contribution in [3.8, 4) is 45.6 Å². The van der Waals surface area contributed by atoms with Crippen molar-refractivity contribution in [3.05, 3.63) is 73.8 Å². The van der Waals surface area contributed by atoms with Gasteiger partial charge in [-0.3, -0.25) is 0 Å². The minimum absolute atomic E-state index is 0.647. The highest BCUT2D eigenvalue weighted by atomic mass is 15.1. The van der Waals surface area contributed by atoms with Gasteiger partial charge >= 0.3 is 0 Å². The van der Waals surface area contributed by atoms with E-state index in [-0.39, 0.29) is 0 Å². The zero-order valence-corrected chi connectivity index (χ0v) is 55.5. The Morgan fingerprint density at radius 3 is 0.750 bits per heavy atom. The van der Waals surface area contributed by atoms with E-state index in [9.17, 15) is 0 Å². The van der Waals surface area contributed by atoms with Gasteiger partial charge in [0.25, 0.3) is 0 Å².